The average molecular weight is 134 g/mol. The minimum atomic E-state index is 0.770. The molecule has 0 aromatic carbocycles. The van der Waals surface area contributed by atoms with E-state index in [0.29, 0.717) is 0 Å². The van der Waals surface area contributed by atoms with Gasteiger partial charge in [-0.05, 0) is 24.3 Å². The largest absolute Gasteiger partial charge is 0.245 e. The van der Waals surface area contributed by atoms with Crippen LogP contribution in [0.1, 0.15) is 18.2 Å². The molecule has 10 heavy (non-hydrogen) atoms. The fourth-order valence-corrected chi connectivity index (χ4v) is 1.52. The Bertz CT molecular complexity index is 220. The van der Waals surface area contributed by atoms with Gasteiger partial charge in [-0.2, -0.15) is 0 Å². The molecule has 0 aliphatic heterocycles. The minimum absolute atomic E-state index is 0.770. The van der Waals surface area contributed by atoms with Crippen molar-refractivity contribution in [2.75, 3.05) is 0 Å². The lowest BCUT2D eigenvalue weighted by Gasteiger charge is -1.92. The van der Waals surface area contributed by atoms with Gasteiger partial charge in [-0.25, -0.2) is 9.97 Å². The van der Waals surface area contributed by atoms with Crippen molar-refractivity contribution in [3.63, 3.8) is 0 Å². The maximum absolute atomic E-state index is 4.20. The maximum Gasteiger partial charge on any atom is 0.115 e. The third-order valence-electron chi connectivity index (χ3n) is 1.99. The highest BCUT2D eigenvalue weighted by molar-refractivity contribution is 5.22. The number of hydrogen-bond acceptors (Lipinski definition) is 2. The smallest absolute Gasteiger partial charge is 0.115 e. The van der Waals surface area contributed by atoms with Gasteiger partial charge in [0.25, 0.3) is 0 Å². The van der Waals surface area contributed by atoms with Crippen LogP contribution < -0.4 is 0 Å². The van der Waals surface area contributed by atoms with Gasteiger partial charge in [0.05, 0.1) is 0 Å². The molecule has 1 aromatic heterocycles. The van der Waals surface area contributed by atoms with Crippen molar-refractivity contribution in [2.45, 2.75) is 19.8 Å². The molecule has 1 aliphatic rings. The summed E-state index contributed by atoms with van der Waals surface area (Å²) in [6.45, 7) is 2.25. The molecular formula is C8H10N2. The summed E-state index contributed by atoms with van der Waals surface area (Å²) in [5.41, 5.74) is 2.59. The van der Waals surface area contributed by atoms with E-state index in [4.69, 9.17) is 0 Å². The first-order chi connectivity index (χ1) is 4.86. The molecule has 0 amide bonds. The van der Waals surface area contributed by atoms with Crippen LogP contribution in [0.25, 0.3) is 0 Å². The summed E-state index contributed by atoms with van der Waals surface area (Å²) < 4.78 is 0. The first kappa shape index (κ1) is 5.83. The second kappa shape index (κ2) is 2.04. The minimum Gasteiger partial charge on any atom is -0.245 e. The Morgan fingerprint density at radius 1 is 1.50 bits per heavy atom. The number of fused-ring (bicyclic) bond motifs is 1. The molecule has 2 heteroatoms. The SMILES string of the molecule is CC1Cc2cncnc2C1. The van der Waals surface area contributed by atoms with E-state index in [-0.39, 0.29) is 0 Å². The summed E-state index contributed by atoms with van der Waals surface area (Å²) in [7, 11) is 0. The molecule has 1 unspecified atom stereocenters. The van der Waals surface area contributed by atoms with Crippen LogP contribution in [0.5, 0.6) is 0 Å². The van der Waals surface area contributed by atoms with Crippen LogP contribution in [-0.2, 0) is 12.8 Å². The Hall–Kier alpha value is -0.920. The summed E-state index contributed by atoms with van der Waals surface area (Å²) in [6.07, 6.45) is 5.87. The van der Waals surface area contributed by atoms with E-state index in [1.54, 1.807) is 6.33 Å². The Morgan fingerprint density at radius 3 is 3.20 bits per heavy atom. The molecule has 0 spiro atoms. The van der Waals surface area contributed by atoms with E-state index in [9.17, 15) is 0 Å². The highest BCUT2D eigenvalue weighted by Gasteiger charge is 2.17. The van der Waals surface area contributed by atoms with Crippen molar-refractivity contribution in [3.05, 3.63) is 23.8 Å². The molecule has 0 radical (unpaired) electrons. The van der Waals surface area contributed by atoms with Crippen LogP contribution in [0, 0.1) is 5.92 Å². The van der Waals surface area contributed by atoms with Gasteiger partial charge in [-0.15, -0.1) is 0 Å². The predicted octanol–water partition coefficient (Wildman–Crippen LogP) is 1.21. The summed E-state index contributed by atoms with van der Waals surface area (Å²) in [5.74, 6) is 0.770. The third kappa shape index (κ3) is 0.801. The van der Waals surface area contributed by atoms with Crippen LogP contribution in [0.15, 0.2) is 12.5 Å². The Balaban J connectivity index is 2.42. The predicted molar refractivity (Wildman–Crippen MR) is 38.6 cm³/mol. The van der Waals surface area contributed by atoms with Gasteiger partial charge in [0, 0.05) is 11.9 Å². The van der Waals surface area contributed by atoms with Crippen LogP contribution >= 0.6 is 0 Å². The second-order valence-corrected chi connectivity index (χ2v) is 3.01. The number of nitrogens with zero attached hydrogens (tertiary/aromatic N) is 2. The standard InChI is InChI=1S/C8H10N2/c1-6-2-7-4-9-5-10-8(7)3-6/h4-6H,2-3H2,1H3. The number of aromatic nitrogens is 2. The molecule has 1 atom stereocenters. The molecule has 0 fully saturated rings. The Labute approximate surface area is 60.3 Å². The molecule has 2 nitrogen and oxygen atoms in total. The fraction of sp³-hybridized carbons (Fsp3) is 0.500. The molecular weight excluding hydrogens is 124 g/mol. The molecule has 0 N–H and O–H groups in total. The van der Waals surface area contributed by atoms with Crippen molar-refractivity contribution in [3.8, 4) is 0 Å². The molecule has 1 heterocycles. The summed E-state index contributed by atoms with van der Waals surface area (Å²) >= 11 is 0. The molecule has 0 saturated heterocycles. The van der Waals surface area contributed by atoms with E-state index < -0.39 is 0 Å². The van der Waals surface area contributed by atoms with E-state index >= 15 is 0 Å². The summed E-state index contributed by atoms with van der Waals surface area (Å²) in [5, 5.41) is 0. The van der Waals surface area contributed by atoms with Crippen molar-refractivity contribution in [2.24, 2.45) is 5.92 Å². The zero-order valence-corrected chi connectivity index (χ0v) is 6.04. The monoisotopic (exact) mass is 134 g/mol. The average Bonchev–Trinajstić information content (AvgIpc) is 2.27. The highest BCUT2D eigenvalue weighted by Crippen LogP contribution is 2.22. The van der Waals surface area contributed by atoms with Gasteiger partial charge in [0.1, 0.15) is 6.33 Å². The normalized spacial score (nSPS) is 22.7. The van der Waals surface area contributed by atoms with Crippen molar-refractivity contribution < 1.29 is 0 Å². The lowest BCUT2D eigenvalue weighted by atomic mass is 10.1. The Kier molecular flexibility index (Phi) is 1.19. The number of hydrogen-bond donors (Lipinski definition) is 0. The van der Waals surface area contributed by atoms with Crippen molar-refractivity contribution >= 4 is 0 Å². The fourth-order valence-electron chi connectivity index (χ4n) is 1.52. The van der Waals surface area contributed by atoms with Crippen LogP contribution in [0.2, 0.25) is 0 Å². The van der Waals surface area contributed by atoms with E-state index in [1.165, 1.54) is 11.3 Å². The quantitative estimate of drug-likeness (QED) is 0.533. The first-order valence-corrected chi connectivity index (χ1v) is 3.64. The zero-order valence-electron chi connectivity index (χ0n) is 6.04. The van der Waals surface area contributed by atoms with Gasteiger partial charge in [-0.1, -0.05) is 6.92 Å². The van der Waals surface area contributed by atoms with Crippen molar-refractivity contribution in [1.82, 2.24) is 9.97 Å². The molecule has 1 aromatic rings. The van der Waals surface area contributed by atoms with Gasteiger partial charge in [0.15, 0.2) is 0 Å². The number of rotatable bonds is 0. The van der Waals surface area contributed by atoms with Crippen LogP contribution in [0.4, 0.5) is 0 Å². The zero-order chi connectivity index (χ0) is 6.97. The second-order valence-electron chi connectivity index (χ2n) is 3.01. The first-order valence-electron chi connectivity index (χ1n) is 3.64. The van der Waals surface area contributed by atoms with Gasteiger partial charge in [0.2, 0.25) is 0 Å². The molecule has 0 saturated carbocycles. The van der Waals surface area contributed by atoms with Gasteiger partial charge >= 0.3 is 0 Å². The summed E-state index contributed by atoms with van der Waals surface area (Å²) in [4.78, 5) is 8.18. The topological polar surface area (TPSA) is 25.8 Å². The maximum atomic E-state index is 4.20. The molecule has 0 bridgehead atoms. The summed E-state index contributed by atoms with van der Waals surface area (Å²) in [6, 6.07) is 0. The van der Waals surface area contributed by atoms with Crippen molar-refractivity contribution in [1.29, 1.82) is 0 Å². The highest BCUT2D eigenvalue weighted by atomic mass is 14.8. The van der Waals surface area contributed by atoms with Gasteiger partial charge < -0.3 is 0 Å². The van der Waals surface area contributed by atoms with Crippen LogP contribution in [0.3, 0.4) is 0 Å². The lowest BCUT2D eigenvalue weighted by Crippen LogP contribution is -1.90. The third-order valence-corrected chi connectivity index (χ3v) is 1.99. The Morgan fingerprint density at radius 2 is 2.40 bits per heavy atom. The molecule has 2 rings (SSSR count). The van der Waals surface area contributed by atoms with Crippen LogP contribution in [-0.4, -0.2) is 9.97 Å². The molecule has 52 valence electrons. The van der Waals surface area contributed by atoms with E-state index in [0.717, 1.165) is 18.8 Å². The van der Waals surface area contributed by atoms with E-state index in [1.807, 2.05) is 6.20 Å². The van der Waals surface area contributed by atoms with E-state index in [2.05, 4.69) is 16.9 Å². The molecule has 1 aliphatic carbocycles. The lowest BCUT2D eigenvalue weighted by molar-refractivity contribution is 0.623. The van der Waals surface area contributed by atoms with Gasteiger partial charge in [-0.3, -0.25) is 0 Å².